The fraction of sp³-hybridized carbons (Fsp3) is 0.870. The highest BCUT2D eigenvalue weighted by Crippen LogP contribution is 2.17. The number of carbonyl (C=O) groups excluding carboxylic acids is 2. The number of allylic oxidation sites excluding steroid dienone is 4. The summed E-state index contributed by atoms with van der Waals surface area (Å²) in [6, 6.07) is -0.615. The van der Waals surface area contributed by atoms with Gasteiger partial charge in [-0.25, -0.2) is 4.79 Å². The highest BCUT2D eigenvalue weighted by Gasteiger charge is 2.31. The van der Waals surface area contributed by atoms with Crippen LogP contribution in [-0.2, 0) is 28.6 Å². The molecule has 0 radical (unpaired) electrons. The van der Waals surface area contributed by atoms with Gasteiger partial charge in [0.05, 0.1) is 34.4 Å². The third-order valence-corrected chi connectivity index (χ3v) is 12.1. The van der Waals surface area contributed by atoms with Gasteiger partial charge in [-0.3, -0.25) is 9.59 Å². The highest BCUT2D eigenvalue weighted by atomic mass is 16.6. The fourth-order valence-electron chi connectivity index (χ4n) is 8.01. The molecule has 0 spiro atoms. The SMILES string of the molecule is CCCCC/C=C\C/C=C\CCCCCCCC(=O)OC(COCCC(C(=O)O)[N+](C)(C)C)COC(=O)CCCCCCCCCCCCCCCCCCCCCCCCC. The van der Waals surface area contributed by atoms with Crippen molar-refractivity contribution in [3.05, 3.63) is 24.3 Å². The Morgan fingerprint density at radius 1 is 0.484 bits per heavy atom. The van der Waals surface area contributed by atoms with E-state index in [9.17, 15) is 19.5 Å². The Balaban J connectivity index is 4.16. The van der Waals surface area contributed by atoms with Gasteiger partial charge in [-0.1, -0.05) is 212 Å². The first-order chi connectivity index (χ1) is 30.1. The summed E-state index contributed by atoms with van der Waals surface area (Å²) in [5.74, 6) is -1.47. The molecule has 0 aliphatic rings. The van der Waals surface area contributed by atoms with E-state index >= 15 is 0 Å². The molecule has 62 heavy (non-hydrogen) atoms. The van der Waals surface area contributed by atoms with Crippen molar-refractivity contribution in [3.8, 4) is 0 Å². The van der Waals surface area contributed by atoms with E-state index in [1.54, 1.807) is 0 Å². The Labute approximate surface area is 383 Å². The Morgan fingerprint density at radius 2 is 0.855 bits per heavy atom. The van der Waals surface area contributed by atoms with Gasteiger partial charge < -0.3 is 23.8 Å². The molecule has 1 N–H and O–H groups in total. The summed E-state index contributed by atoms with van der Waals surface area (Å²) < 4.78 is 17.4. The van der Waals surface area contributed by atoms with Crippen LogP contribution in [0.25, 0.3) is 0 Å². The van der Waals surface area contributed by atoms with Crippen molar-refractivity contribution in [2.45, 2.75) is 264 Å². The number of hydrogen-bond acceptors (Lipinski definition) is 6. The van der Waals surface area contributed by atoms with Crippen LogP contribution in [-0.4, -0.2) is 80.6 Å². The number of esters is 2. The Morgan fingerprint density at radius 3 is 1.27 bits per heavy atom. The van der Waals surface area contributed by atoms with Gasteiger partial charge in [-0.05, 0) is 44.9 Å². The fourth-order valence-corrected chi connectivity index (χ4v) is 8.01. The lowest BCUT2D eigenvalue weighted by Gasteiger charge is -2.31. The number of carboxylic acid groups (broad SMARTS) is 1. The lowest BCUT2D eigenvalue weighted by Crippen LogP contribution is -2.50. The molecule has 0 bridgehead atoms. The molecular weight excluding hydrogens is 775 g/mol. The van der Waals surface area contributed by atoms with Crippen LogP contribution in [0, 0.1) is 0 Å². The zero-order valence-electron chi connectivity index (χ0n) is 41.6. The van der Waals surface area contributed by atoms with Crippen molar-refractivity contribution in [1.82, 2.24) is 0 Å². The third kappa shape index (κ3) is 43.1. The maximum Gasteiger partial charge on any atom is 0.362 e. The minimum Gasteiger partial charge on any atom is -0.477 e. The molecule has 2 unspecified atom stereocenters. The van der Waals surface area contributed by atoms with Gasteiger partial charge in [-0.15, -0.1) is 0 Å². The van der Waals surface area contributed by atoms with Crippen molar-refractivity contribution < 1.29 is 38.2 Å². The molecule has 0 aromatic rings. The molecule has 0 rings (SSSR count). The van der Waals surface area contributed by atoms with E-state index in [1.165, 1.54) is 154 Å². The van der Waals surface area contributed by atoms with Gasteiger partial charge in [0.15, 0.2) is 12.1 Å². The van der Waals surface area contributed by atoms with Crippen LogP contribution in [0.15, 0.2) is 24.3 Å². The van der Waals surface area contributed by atoms with E-state index in [-0.39, 0.29) is 36.2 Å². The normalized spacial score (nSPS) is 13.0. The van der Waals surface area contributed by atoms with E-state index < -0.39 is 18.1 Å². The number of nitrogens with zero attached hydrogens (tertiary/aromatic N) is 1. The smallest absolute Gasteiger partial charge is 0.362 e. The van der Waals surface area contributed by atoms with Crippen molar-refractivity contribution in [3.63, 3.8) is 0 Å². The van der Waals surface area contributed by atoms with E-state index in [0.29, 0.717) is 19.3 Å². The Kier molecular flexibility index (Phi) is 43.8. The van der Waals surface area contributed by atoms with Gasteiger partial charge >= 0.3 is 17.9 Å². The van der Waals surface area contributed by atoms with E-state index in [1.807, 2.05) is 21.1 Å². The topological polar surface area (TPSA) is 99.1 Å². The van der Waals surface area contributed by atoms with Crippen LogP contribution in [0.3, 0.4) is 0 Å². The predicted octanol–water partition coefficient (Wildman–Crippen LogP) is 15.2. The molecule has 0 saturated carbocycles. The van der Waals surface area contributed by atoms with Gasteiger partial charge in [0, 0.05) is 19.3 Å². The largest absolute Gasteiger partial charge is 0.477 e. The average molecular weight is 877 g/mol. The van der Waals surface area contributed by atoms with Gasteiger partial charge in [0.1, 0.15) is 6.61 Å². The lowest BCUT2D eigenvalue weighted by molar-refractivity contribution is -0.887. The lowest BCUT2D eigenvalue weighted by atomic mass is 10.0. The molecule has 0 amide bonds. The number of carboxylic acids is 1. The van der Waals surface area contributed by atoms with Crippen molar-refractivity contribution in [2.24, 2.45) is 0 Å². The standard InChI is InChI=1S/C54H101NO7/c1-6-8-10-12-14-16-18-20-22-23-24-25-26-27-28-29-31-32-34-36-38-40-42-44-52(56)61-49-50(48-60-47-46-51(54(58)59)55(3,4)5)62-53(57)45-43-41-39-37-35-33-30-21-19-17-15-13-11-9-7-2/h15,17,21,30,50-51H,6-14,16,18-20,22-29,31-49H2,1-5H3/p+1/b17-15-,30-21-. The summed E-state index contributed by atoms with van der Waals surface area (Å²) >= 11 is 0. The molecule has 0 saturated heterocycles. The Bertz CT molecular complexity index is 1070. The highest BCUT2D eigenvalue weighted by molar-refractivity contribution is 5.72. The number of hydrogen-bond donors (Lipinski definition) is 1. The van der Waals surface area contributed by atoms with Crippen LogP contribution >= 0.6 is 0 Å². The molecule has 8 nitrogen and oxygen atoms in total. The van der Waals surface area contributed by atoms with Crippen molar-refractivity contribution in [2.75, 3.05) is 41.0 Å². The molecular formula is C54H102NO7+. The quantitative estimate of drug-likeness (QED) is 0.0281. The summed E-state index contributed by atoms with van der Waals surface area (Å²) in [5.41, 5.74) is 0. The average Bonchev–Trinajstić information content (AvgIpc) is 3.23. The summed E-state index contributed by atoms with van der Waals surface area (Å²) in [6.07, 6.45) is 52.3. The van der Waals surface area contributed by atoms with Crippen LogP contribution in [0.4, 0.5) is 0 Å². The van der Waals surface area contributed by atoms with Crippen LogP contribution < -0.4 is 0 Å². The molecule has 0 aliphatic heterocycles. The number of carbonyl (C=O) groups is 3. The summed E-state index contributed by atoms with van der Waals surface area (Å²) in [4.78, 5) is 37.1. The number of aliphatic carboxylic acids is 1. The van der Waals surface area contributed by atoms with Crippen molar-refractivity contribution >= 4 is 17.9 Å². The molecule has 0 aromatic heterocycles. The van der Waals surface area contributed by atoms with E-state index in [2.05, 4.69) is 38.2 Å². The van der Waals surface area contributed by atoms with Gasteiger partial charge in [0.2, 0.25) is 0 Å². The molecule has 0 aliphatic carbocycles. The van der Waals surface area contributed by atoms with E-state index in [0.717, 1.165) is 64.2 Å². The van der Waals surface area contributed by atoms with Crippen molar-refractivity contribution in [1.29, 1.82) is 0 Å². The summed E-state index contributed by atoms with van der Waals surface area (Å²) in [7, 11) is 5.54. The second-order valence-corrected chi connectivity index (χ2v) is 19.1. The van der Waals surface area contributed by atoms with E-state index in [4.69, 9.17) is 14.2 Å². The third-order valence-electron chi connectivity index (χ3n) is 12.1. The molecule has 8 heteroatoms. The van der Waals surface area contributed by atoms with Crippen LogP contribution in [0.1, 0.15) is 251 Å². The minimum atomic E-state index is -0.874. The maximum atomic E-state index is 12.8. The minimum absolute atomic E-state index is 0.0518. The number of quaternary nitrogens is 1. The first-order valence-electron chi connectivity index (χ1n) is 26.4. The first-order valence-corrected chi connectivity index (χ1v) is 26.4. The zero-order chi connectivity index (χ0) is 45.6. The second-order valence-electron chi connectivity index (χ2n) is 19.1. The van der Waals surface area contributed by atoms with Crippen LogP contribution in [0.2, 0.25) is 0 Å². The molecule has 0 heterocycles. The van der Waals surface area contributed by atoms with Gasteiger partial charge in [-0.2, -0.15) is 0 Å². The summed E-state index contributed by atoms with van der Waals surface area (Å²) in [5, 5.41) is 9.65. The molecule has 0 fully saturated rings. The first kappa shape index (κ1) is 59.8. The van der Waals surface area contributed by atoms with Crippen LogP contribution in [0.5, 0.6) is 0 Å². The number of ether oxygens (including phenoxy) is 3. The predicted molar refractivity (Wildman–Crippen MR) is 262 cm³/mol. The number of likely N-dealkylation sites (N-methyl/N-ethyl adjacent to an activating group) is 1. The molecule has 0 aromatic carbocycles. The number of unbranched alkanes of at least 4 members (excludes halogenated alkanes) is 30. The summed E-state index contributed by atoms with van der Waals surface area (Å²) in [6.45, 7) is 4.74. The molecule has 2 atom stereocenters. The maximum absolute atomic E-state index is 12.8. The molecule has 364 valence electrons. The second kappa shape index (κ2) is 45.4. The van der Waals surface area contributed by atoms with Gasteiger partial charge in [0.25, 0.3) is 0 Å². The monoisotopic (exact) mass is 877 g/mol. The zero-order valence-corrected chi connectivity index (χ0v) is 41.6. The Hall–Kier alpha value is -2.19. The number of rotatable bonds is 48.